The topological polar surface area (TPSA) is 49.8 Å². The van der Waals surface area contributed by atoms with Gasteiger partial charge in [-0.1, -0.05) is 6.42 Å². The van der Waals surface area contributed by atoms with E-state index >= 15 is 0 Å². The van der Waals surface area contributed by atoms with Crippen LogP contribution in [0, 0.1) is 0 Å². The van der Waals surface area contributed by atoms with Gasteiger partial charge in [-0.05, 0) is 57.9 Å². The molecular weight excluding hydrogens is 278 g/mol. The maximum absolute atomic E-state index is 11.2. The van der Waals surface area contributed by atoms with Gasteiger partial charge in [-0.2, -0.15) is 0 Å². The number of ketones is 1. The Kier molecular flexibility index (Phi) is 5.98. The molecule has 4 heteroatoms. The summed E-state index contributed by atoms with van der Waals surface area (Å²) in [7, 11) is 0. The van der Waals surface area contributed by atoms with Crippen molar-refractivity contribution in [1.29, 1.82) is 0 Å². The highest BCUT2D eigenvalue weighted by Gasteiger charge is 2.26. The van der Waals surface area contributed by atoms with Gasteiger partial charge in [0.15, 0.2) is 5.78 Å². The molecule has 1 saturated heterocycles. The molecule has 0 aromatic heterocycles. The first-order chi connectivity index (χ1) is 10.5. The van der Waals surface area contributed by atoms with Crippen LogP contribution in [0.25, 0.3) is 0 Å². The van der Waals surface area contributed by atoms with Crippen molar-refractivity contribution in [2.75, 3.05) is 13.2 Å². The number of nitrogens with zero attached hydrogens (tertiary/aromatic N) is 1. The second kappa shape index (κ2) is 7.75. The lowest BCUT2D eigenvalue weighted by Gasteiger charge is -2.40. The van der Waals surface area contributed by atoms with Crippen molar-refractivity contribution in [3.8, 4) is 5.75 Å². The van der Waals surface area contributed by atoms with Gasteiger partial charge in [-0.25, -0.2) is 0 Å². The molecule has 0 spiro atoms. The van der Waals surface area contributed by atoms with E-state index < -0.39 is 6.10 Å². The Bertz CT molecular complexity index is 476. The van der Waals surface area contributed by atoms with Gasteiger partial charge in [0.1, 0.15) is 18.5 Å². The van der Waals surface area contributed by atoms with Crippen molar-refractivity contribution in [3.05, 3.63) is 29.8 Å². The molecule has 0 saturated carbocycles. The largest absolute Gasteiger partial charge is 0.491 e. The third-order valence-corrected chi connectivity index (χ3v) is 4.50. The zero-order chi connectivity index (χ0) is 16.1. The summed E-state index contributed by atoms with van der Waals surface area (Å²) in [6.45, 7) is 6.91. The van der Waals surface area contributed by atoms with Gasteiger partial charge in [0.2, 0.25) is 0 Å². The molecule has 0 radical (unpaired) electrons. The smallest absolute Gasteiger partial charge is 0.159 e. The number of ether oxygens (including phenoxy) is 1. The van der Waals surface area contributed by atoms with E-state index in [-0.39, 0.29) is 12.4 Å². The Labute approximate surface area is 133 Å². The molecule has 1 aliphatic rings. The molecule has 1 fully saturated rings. The minimum absolute atomic E-state index is 0.0414. The Morgan fingerprint density at radius 1 is 1.27 bits per heavy atom. The molecule has 0 bridgehead atoms. The second-order valence-corrected chi connectivity index (χ2v) is 6.37. The van der Waals surface area contributed by atoms with Crippen LogP contribution < -0.4 is 4.74 Å². The maximum Gasteiger partial charge on any atom is 0.159 e. The van der Waals surface area contributed by atoms with E-state index in [2.05, 4.69) is 18.7 Å². The van der Waals surface area contributed by atoms with Gasteiger partial charge in [0, 0.05) is 24.2 Å². The van der Waals surface area contributed by atoms with E-state index in [1.54, 1.807) is 31.2 Å². The standard InChI is InChI=1S/C18H27NO3/c1-13-5-4-6-14(2)19(13)11-17(21)12-22-18-9-7-16(8-10-18)15(3)20/h7-10,13-14,17,21H,4-6,11-12H2,1-3H3/t13-,14-,17+/m1/s1. The lowest BCUT2D eigenvalue weighted by molar-refractivity contribution is 0.0209. The molecule has 3 atom stereocenters. The highest BCUT2D eigenvalue weighted by Crippen LogP contribution is 2.22. The minimum Gasteiger partial charge on any atom is -0.491 e. The van der Waals surface area contributed by atoms with Crippen LogP contribution in [0.3, 0.4) is 0 Å². The summed E-state index contributed by atoms with van der Waals surface area (Å²) >= 11 is 0. The molecule has 4 nitrogen and oxygen atoms in total. The van der Waals surface area contributed by atoms with Gasteiger partial charge < -0.3 is 9.84 Å². The van der Waals surface area contributed by atoms with Crippen LogP contribution in [0.1, 0.15) is 50.4 Å². The molecule has 122 valence electrons. The summed E-state index contributed by atoms with van der Waals surface area (Å²) < 4.78 is 5.63. The van der Waals surface area contributed by atoms with Gasteiger partial charge in [-0.3, -0.25) is 9.69 Å². The van der Waals surface area contributed by atoms with E-state index in [0.29, 0.717) is 29.9 Å². The summed E-state index contributed by atoms with van der Waals surface area (Å²) in [5.41, 5.74) is 0.670. The van der Waals surface area contributed by atoms with Crippen LogP contribution >= 0.6 is 0 Å². The normalized spacial score (nSPS) is 24.0. The number of hydrogen-bond donors (Lipinski definition) is 1. The lowest BCUT2D eigenvalue weighted by Crippen LogP contribution is -2.48. The molecule has 0 amide bonds. The Balaban J connectivity index is 1.81. The highest BCUT2D eigenvalue weighted by molar-refractivity contribution is 5.94. The van der Waals surface area contributed by atoms with Crippen LogP contribution in [-0.4, -0.2) is 47.1 Å². The van der Waals surface area contributed by atoms with E-state index in [0.717, 1.165) is 0 Å². The lowest BCUT2D eigenvalue weighted by atomic mass is 9.97. The number of carbonyl (C=O) groups is 1. The molecule has 2 rings (SSSR count). The molecule has 0 aliphatic carbocycles. The summed E-state index contributed by atoms with van der Waals surface area (Å²) in [5.74, 6) is 0.725. The Hall–Kier alpha value is -1.39. The van der Waals surface area contributed by atoms with Gasteiger partial charge in [0.25, 0.3) is 0 Å². The fourth-order valence-corrected chi connectivity index (χ4v) is 3.11. The fourth-order valence-electron chi connectivity index (χ4n) is 3.11. The number of carbonyl (C=O) groups excluding carboxylic acids is 1. The second-order valence-electron chi connectivity index (χ2n) is 6.37. The van der Waals surface area contributed by atoms with E-state index in [1.807, 2.05) is 0 Å². The number of β-amino-alcohol motifs (C(OH)–C–C–N with tert-alkyl or cyclic N) is 1. The number of piperidine rings is 1. The quantitative estimate of drug-likeness (QED) is 0.821. The van der Waals surface area contributed by atoms with Crippen molar-refractivity contribution in [3.63, 3.8) is 0 Å². The van der Waals surface area contributed by atoms with Crippen molar-refractivity contribution >= 4 is 5.78 Å². The van der Waals surface area contributed by atoms with Crippen LogP contribution in [-0.2, 0) is 0 Å². The molecule has 1 aliphatic heterocycles. The molecular formula is C18H27NO3. The number of aliphatic hydroxyl groups is 1. The first-order valence-electron chi connectivity index (χ1n) is 8.15. The third-order valence-electron chi connectivity index (χ3n) is 4.50. The zero-order valence-electron chi connectivity index (χ0n) is 13.8. The predicted octanol–water partition coefficient (Wildman–Crippen LogP) is 2.89. The minimum atomic E-state index is -0.504. The van der Waals surface area contributed by atoms with Gasteiger partial charge in [0.05, 0.1) is 0 Å². The summed E-state index contributed by atoms with van der Waals surface area (Å²) in [5, 5.41) is 10.2. The molecule has 22 heavy (non-hydrogen) atoms. The first-order valence-corrected chi connectivity index (χ1v) is 8.15. The van der Waals surface area contributed by atoms with Crippen LogP contribution in [0.15, 0.2) is 24.3 Å². The molecule has 1 heterocycles. The number of benzene rings is 1. The van der Waals surface area contributed by atoms with E-state index in [9.17, 15) is 9.90 Å². The van der Waals surface area contributed by atoms with Crippen molar-refractivity contribution in [2.24, 2.45) is 0 Å². The van der Waals surface area contributed by atoms with Crippen LogP contribution in [0.2, 0.25) is 0 Å². The SMILES string of the molecule is CC(=O)c1ccc(OC[C@@H](O)CN2[C@H](C)CCC[C@H]2C)cc1. The average molecular weight is 305 g/mol. The Morgan fingerprint density at radius 2 is 1.86 bits per heavy atom. The van der Waals surface area contributed by atoms with Crippen molar-refractivity contribution in [1.82, 2.24) is 4.90 Å². The third kappa shape index (κ3) is 4.55. The number of likely N-dealkylation sites (tertiary alicyclic amines) is 1. The van der Waals surface area contributed by atoms with E-state index in [1.165, 1.54) is 19.3 Å². The highest BCUT2D eigenvalue weighted by atomic mass is 16.5. The molecule has 1 aromatic carbocycles. The molecule has 0 unspecified atom stereocenters. The molecule has 1 N–H and O–H groups in total. The van der Waals surface area contributed by atoms with Crippen molar-refractivity contribution < 1.29 is 14.6 Å². The van der Waals surface area contributed by atoms with E-state index in [4.69, 9.17) is 4.74 Å². The maximum atomic E-state index is 11.2. The van der Waals surface area contributed by atoms with Crippen LogP contribution in [0.5, 0.6) is 5.75 Å². The Morgan fingerprint density at radius 3 is 2.41 bits per heavy atom. The van der Waals surface area contributed by atoms with Crippen LogP contribution in [0.4, 0.5) is 0 Å². The fraction of sp³-hybridized carbons (Fsp3) is 0.611. The van der Waals surface area contributed by atoms with Crippen molar-refractivity contribution in [2.45, 2.75) is 58.2 Å². The average Bonchev–Trinajstić information content (AvgIpc) is 2.49. The summed E-state index contributed by atoms with van der Waals surface area (Å²) in [4.78, 5) is 13.6. The summed E-state index contributed by atoms with van der Waals surface area (Å²) in [6.07, 6.45) is 3.17. The number of Topliss-reactive ketones (excluding diaryl/α,β-unsaturated/α-hetero) is 1. The summed E-state index contributed by atoms with van der Waals surface area (Å²) in [6, 6.07) is 8.09. The number of rotatable bonds is 6. The predicted molar refractivity (Wildman–Crippen MR) is 87.4 cm³/mol. The zero-order valence-corrected chi connectivity index (χ0v) is 13.8. The van der Waals surface area contributed by atoms with Gasteiger partial charge >= 0.3 is 0 Å². The number of aliphatic hydroxyl groups excluding tert-OH is 1. The number of hydrogen-bond acceptors (Lipinski definition) is 4. The van der Waals surface area contributed by atoms with Gasteiger partial charge in [-0.15, -0.1) is 0 Å². The monoisotopic (exact) mass is 305 g/mol. The molecule has 1 aromatic rings. The first kappa shape index (κ1) is 17.0.